The fourth-order valence-corrected chi connectivity index (χ4v) is 2.25. The molecule has 0 aromatic heterocycles. The Morgan fingerprint density at radius 2 is 1.94 bits per heavy atom. The van der Waals surface area contributed by atoms with E-state index in [0.717, 1.165) is 0 Å². The van der Waals surface area contributed by atoms with Crippen LogP contribution in [-0.4, -0.2) is 27.9 Å². The number of amides is 1. The van der Waals surface area contributed by atoms with Crippen LogP contribution in [0.3, 0.4) is 0 Å². The summed E-state index contributed by atoms with van der Waals surface area (Å²) in [7, 11) is -2.14. The van der Waals surface area contributed by atoms with Crippen molar-refractivity contribution < 1.29 is 13.2 Å². The van der Waals surface area contributed by atoms with E-state index in [0.29, 0.717) is 5.56 Å². The van der Waals surface area contributed by atoms with Crippen LogP contribution >= 0.6 is 0 Å². The summed E-state index contributed by atoms with van der Waals surface area (Å²) in [5.41, 5.74) is 0.388. The van der Waals surface area contributed by atoms with Crippen LogP contribution in [0.25, 0.3) is 0 Å². The Morgan fingerprint density at radius 3 is 2.44 bits per heavy atom. The zero-order valence-electron chi connectivity index (χ0n) is 9.80. The number of nitrogens with one attached hydrogen (secondary N) is 2. The number of sulfonamides is 1. The van der Waals surface area contributed by atoms with Crippen molar-refractivity contribution in [1.82, 2.24) is 10.0 Å². The number of hydrogen-bond donors (Lipinski definition) is 2. The first-order valence-electron chi connectivity index (χ1n) is 5.20. The summed E-state index contributed by atoms with van der Waals surface area (Å²) in [5, 5.41) is 11.0. The van der Waals surface area contributed by atoms with E-state index in [1.54, 1.807) is 0 Å². The highest BCUT2D eigenvalue weighted by Crippen LogP contribution is 2.09. The average molecular weight is 267 g/mol. The monoisotopic (exact) mass is 267 g/mol. The van der Waals surface area contributed by atoms with E-state index in [2.05, 4.69) is 10.0 Å². The van der Waals surface area contributed by atoms with Crippen molar-refractivity contribution in [3.63, 3.8) is 0 Å². The van der Waals surface area contributed by atoms with Gasteiger partial charge in [-0.05, 0) is 24.3 Å². The van der Waals surface area contributed by atoms with E-state index >= 15 is 0 Å². The molecule has 6 nitrogen and oxygen atoms in total. The second-order valence-corrected chi connectivity index (χ2v) is 5.22. The lowest BCUT2D eigenvalue weighted by Gasteiger charge is -2.06. The summed E-state index contributed by atoms with van der Waals surface area (Å²) in [6, 6.07) is 7.45. The van der Waals surface area contributed by atoms with Gasteiger partial charge >= 0.3 is 0 Å². The normalized spacial score (nSPS) is 10.7. The SMILES string of the molecule is CNC(=O)CCNS(=O)(=O)c1ccc(C#N)cc1. The quantitative estimate of drug-likeness (QED) is 0.782. The van der Waals surface area contributed by atoms with Crippen molar-refractivity contribution in [1.29, 1.82) is 5.26 Å². The van der Waals surface area contributed by atoms with Gasteiger partial charge in [0.2, 0.25) is 15.9 Å². The maximum absolute atomic E-state index is 11.8. The predicted octanol–water partition coefficient (Wildman–Crippen LogP) is -0.0273. The molecule has 1 amide bonds. The first kappa shape index (κ1) is 14.2. The summed E-state index contributed by atoms with van der Waals surface area (Å²) < 4.78 is 25.9. The second kappa shape index (κ2) is 6.14. The Morgan fingerprint density at radius 1 is 1.33 bits per heavy atom. The summed E-state index contributed by atoms with van der Waals surface area (Å²) >= 11 is 0. The Bertz CT molecular complexity index is 558. The van der Waals surface area contributed by atoms with Gasteiger partial charge in [-0.2, -0.15) is 5.26 Å². The number of hydrogen-bond acceptors (Lipinski definition) is 4. The molecule has 1 aromatic rings. The van der Waals surface area contributed by atoms with Crippen molar-refractivity contribution in [2.75, 3.05) is 13.6 Å². The van der Waals surface area contributed by atoms with Gasteiger partial charge in [0.25, 0.3) is 0 Å². The molecule has 1 rings (SSSR count). The first-order chi connectivity index (χ1) is 8.49. The lowest BCUT2D eigenvalue weighted by Crippen LogP contribution is -2.29. The molecular weight excluding hydrogens is 254 g/mol. The zero-order valence-corrected chi connectivity index (χ0v) is 10.6. The fourth-order valence-electron chi connectivity index (χ4n) is 1.22. The minimum absolute atomic E-state index is 0.0298. The largest absolute Gasteiger partial charge is 0.359 e. The van der Waals surface area contributed by atoms with Crippen LogP contribution in [0.5, 0.6) is 0 Å². The summed E-state index contributed by atoms with van der Waals surface area (Å²) in [6.45, 7) is 0.0298. The van der Waals surface area contributed by atoms with Gasteiger partial charge < -0.3 is 5.32 Å². The molecule has 0 aliphatic heterocycles. The molecule has 1 aromatic carbocycles. The maximum Gasteiger partial charge on any atom is 0.240 e. The van der Waals surface area contributed by atoms with Crippen LogP contribution < -0.4 is 10.0 Å². The van der Waals surface area contributed by atoms with Gasteiger partial charge in [0.05, 0.1) is 16.5 Å². The third kappa shape index (κ3) is 3.84. The van der Waals surface area contributed by atoms with E-state index in [9.17, 15) is 13.2 Å². The third-order valence-electron chi connectivity index (χ3n) is 2.22. The van der Waals surface area contributed by atoms with Crippen molar-refractivity contribution in [2.24, 2.45) is 0 Å². The fraction of sp³-hybridized carbons (Fsp3) is 0.273. The molecule has 2 N–H and O–H groups in total. The van der Waals surface area contributed by atoms with Crippen LogP contribution in [0.15, 0.2) is 29.2 Å². The van der Waals surface area contributed by atoms with E-state index < -0.39 is 10.0 Å². The maximum atomic E-state index is 11.8. The molecule has 0 aliphatic rings. The molecule has 0 bridgehead atoms. The van der Waals surface area contributed by atoms with Crippen molar-refractivity contribution in [2.45, 2.75) is 11.3 Å². The number of rotatable bonds is 5. The minimum Gasteiger partial charge on any atom is -0.359 e. The van der Waals surface area contributed by atoms with Crippen molar-refractivity contribution in [3.05, 3.63) is 29.8 Å². The highest BCUT2D eigenvalue weighted by molar-refractivity contribution is 7.89. The smallest absolute Gasteiger partial charge is 0.240 e. The molecule has 0 spiro atoms. The molecule has 0 saturated heterocycles. The average Bonchev–Trinajstić information content (AvgIpc) is 2.38. The van der Waals surface area contributed by atoms with Gasteiger partial charge in [-0.3, -0.25) is 4.79 Å². The molecule has 96 valence electrons. The number of benzene rings is 1. The molecule has 0 fully saturated rings. The van der Waals surface area contributed by atoms with Crippen LogP contribution in [0.2, 0.25) is 0 Å². The number of nitriles is 1. The van der Waals surface area contributed by atoms with Crippen LogP contribution in [0.1, 0.15) is 12.0 Å². The van der Waals surface area contributed by atoms with E-state index in [-0.39, 0.29) is 23.8 Å². The molecular formula is C11H13N3O3S. The molecule has 0 radical (unpaired) electrons. The second-order valence-electron chi connectivity index (χ2n) is 3.46. The van der Waals surface area contributed by atoms with Crippen LogP contribution in [0.4, 0.5) is 0 Å². The molecule has 0 heterocycles. The lowest BCUT2D eigenvalue weighted by molar-refractivity contribution is -0.120. The Kier molecular flexibility index (Phi) is 4.83. The molecule has 0 saturated carbocycles. The highest BCUT2D eigenvalue weighted by atomic mass is 32.2. The van der Waals surface area contributed by atoms with Gasteiger partial charge in [0.1, 0.15) is 0 Å². The summed E-state index contributed by atoms with van der Waals surface area (Å²) in [4.78, 5) is 11.0. The van der Waals surface area contributed by atoms with Gasteiger partial charge in [-0.25, -0.2) is 13.1 Å². The van der Waals surface area contributed by atoms with Crippen molar-refractivity contribution >= 4 is 15.9 Å². The zero-order chi connectivity index (χ0) is 13.6. The van der Waals surface area contributed by atoms with Crippen LogP contribution in [0, 0.1) is 11.3 Å². The molecule has 0 atom stereocenters. The standard InChI is InChI=1S/C11H13N3O3S/c1-13-11(15)6-7-14-18(16,17)10-4-2-9(8-12)3-5-10/h2-5,14H,6-7H2,1H3,(H,13,15). The summed E-state index contributed by atoms with van der Waals surface area (Å²) in [5.74, 6) is -0.238. The first-order valence-corrected chi connectivity index (χ1v) is 6.68. The van der Waals surface area contributed by atoms with Gasteiger partial charge in [0.15, 0.2) is 0 Å². The molecule has 0 unspecified atom stereocenters. The van der Waals surface area contributed by atoms with Gasteiger partial charge in [-0.15, -0.1) is 0 Å². The van der Waals surface area contributed by atoms with E-state index in [1.807, 2.05) is 6.07 Å². The highest BCUT2D eigenvalue weighted by Gasteiger charge is 2.13. The van der Waals surface area contributed by atoms with Gasteiger partial charge in [-0.1, -0.05) is 0 Å². The Balaban J connectivity index is 2.68. The van der Waals surface area contributed by atoms with E-state index in [4.69, 9.17) is 5.26 Å². The number of nitrogens with zero attached hydrogens (tertiary/aromatic N) is 1. The molecule has 7 heteroatoms. The summed E-state index contributed by atoms with van der Waals surface area (Å²) in [6.07, 6.45) is 0.0754. The Labute approximate surface area is 106 Å². The van der Waals surface area contributed by atoms with Gasteiger partial charge in [0, 0.05) is 20.0 Å². The van der Waals surface area contributed by atoms with E-state index in [1.165, 1.54) is 31.3 Å². The number of carbonyl (C=O) groups is 1. The third-order valence-corrected chi connectivity index (χ3v) is 3.69. The predicted molar refractivity (Wildman–Crippen MR) is 65.0 cm³/mol. The number of carbonyl (C=O) groups excluding carboxylic acids is 1. The topological polar surface area (TPSA) is 99.1 Å². The molecule has 18 heavy (non-hydrogen) atoms. The van der Waals surface area contributed by atoms with Crippen molar-refractivity contribution in [3.8, 4) is 6.07 Å². The lowest BCUT2D eigenvalue weighted by atomic mass is 10.2. The molecule has 0 aliphatic carbocycles. The minimum atomic E-state index is -3.63. The van der Waals surface area contributed by atoms with Crippen LogP contribution in [-0.2, 0) is 14.8 Å². The Hall–Kier alpha value is -1.91.